The zero-order valence-corrected chi connectivity index (χ0v) is 11.1. The summed E-state index contributed by atoms with van der Waals surface area (Å²) in [6.07, 6.45) is 2.53. The molecule has 1 nitrogen and oxygen atoms in total. The van der Waals surface area contributed by atoms with E-state index in [2.05, 4.69) is 59.5 Å². The Hall–Kier alpha value is -1.60. The summed E-state index contributed by atoms with van der Waals surface area (Å²) < 4.78 is 0. The molecule has 0 aliphatic carbocycles. The van der Waals surface area contributed by atoms with Gasteiger partial charge in [-0.1, -0.05) is 54.6 Å². The van der Waals surface area contributed by atoms with Gasteiger partial charge in [-0.15, -0.1) is 0 Å². The van der Waals surface area contributed by atoms with Crippen molar-refractivity contribution in [1.29, 1.82) is 0 Å². The van der Waals surface area contributed by atoms with E-state index in [1.54, 1.807) is 11.1 Å². The van der Waals surface area contributed by atoms with Crippen LogP contribution in [0.5, 0.6) is 0 Å². The normalized spacial score (nSPS) is 28.1. The van der Waals surface area contributed by atoms with Crippen LogP contribution in [0.25, 0.3) is 0 Å². The van der Waals surface area contributed by atoms with Crippen molar-refractivity contribution in [1.82, 2.24) is 4.90 Å². The minimum Gasteiger partial charge on any atom is -0.295 e. The first-order valence-corrected chi connectivity index (χ1v) is 7.26. The minimum atomic E-state index is 0.722. The summed E-state index contributed by atoms with van der Waals surface area (Å²) >= 11 is 0. The highest BCUT2D eigenvalue weighted by atomic mass is 15.2. The summed E-state index contributed by atoms with van der Waals surface area (Å²) in [4.78, 5) is 2.68. The molecular weight excluding hydrogens is 230 g/mol. The Morgan fingerprint density at radius 2 is 1.74 bits per heavy atom. The second-order valence-electron chi connectivity index (χ2n) is 5.90. The summed E-state index contributed by atoms with van der Waals surface area (Å²) in [7, 11) is 0. The van der Waals surface area contributed by atoms with Gasteiger partial charge in [0.25, 0.3) is 0 Å². The average Bonchev–Trinajstić information content (AvgIpc) is 2.78. The highest BCUT2D eigenvalue weighted by molar-refractivity contribution is 5.35. The number of nitrogens with zero attached hydrogens (tertiary/aromatic N) is 1. The molecule has 0 spiro atoms. The molecule has 0 radical (unpaired) electrons. The van der Waals surface area contributed by atoms with E-state index in [9.17, 15) is 0 Å². The van der Waals surface area contributed by atoms with E-state index in [0.717, 1.165) is 18.5 Å². The lowest BCUT2D eigenvalue weighted by Crippen LogP contribution is -2.32. The van der Waals surface area contributed by atoms with Gasteiger partial charge >= 0.3 is 0 Å². The van der Waals surface area contributed by atoms with Crippen LogP contribution in [0.15, 0.2) is 54.6 Å². The van der Waals surface area contributed by atoms with Crippen LogP contribution in [0.4, 0.5) is 0 Å². The Bertz CT molecular complexity index is 575. The summed E-state index contributed by atoms with van der Waals surface area (Å²) in [5.74, 6) is 0.763. The summed E-state index contributed by atoms with van der Waals surface area (Å²) in [6.45, 7) is 2.40. The van der Waals surface area contributed by atoms with Crippen LogP contribution >= 0.6 is 0 Å². The van der Waals surface area contributed by atoms with Crippen LogP contribution in [0.2, 0.25) is 0 Å². The Morgan fingerprint density at radius 1 is 0.947 bits per heavy atom. The average molecular weight is 249 g/mol. The number of rotatable bonds is 2. The Labute approximate surface area is 114 Å². The number of benzene rings is 2. The van der Waals surface area contributed by atoms with Crippen LogP contribution < -0.4 is 0 Å². The summed E-state index contributed by atoms with van der Waals surface area (Å²) in [6, 6.07) is 20.7. The van der Waals surface area contributed by atoms with Crippen molar-refractivity contribution in [3.8, 4) is 0 Å². The van der Waals surface area contributed by atoms with Gasteiger partial charge < -0.3 is 0 Å². The molecule has 1 saturated heterocycles. The fourth-order valence-corrected chi connectivity index (χ4v) is 3.80. The molecule has 2 unspecified atom stereocenters. The smallest absolute Gasteiger partial charge is 0.0239 e. The van der Waals surface area contributed by atoms with Gasteiger partial charge in [-0.3, -0.25) is 4.90 Å². The van der Waals surface area contributed by atoms with Gasteiger partial charge in [0.1, 0.15) is 0 Å². The zero-order valence-electron chi connectivity index (χ0n) is 11.1. The van der Waals surface area contributed by atoms with Crippen LogP contribution in [0.3, 0.4) is 0 Å². The fourth-order valence-electron chi connectivity index (χ4n) is 3.80. The highest BCUT2D eigenvalue weighted by Crippen LogP contribution is 2.40. The van der Waals surface area contributed by atoms with Gasteiger partial charge in [0.15, 0.2) is 0 Å². The third-order valence-electron chi connectivity index (χ3n) is 4.71. The molecule has 19 heavy (non-hydrogen) atoms. The van der Waals surface area contributed by atoms with E-state index in [4.69, 9.17) is 0 Å². The van der Waals surface area contributed by atoms with Gasteiger partial charge in [-0.25, -0.2) is 0 Å². The predicted molar refractivity (Wildman–Crippen MR) is 78.1 cm³/mol. The molecule has 96 valence electrons. The molecule has 2 bridgehead atoms. The van der Waals surface area contributed by atoms with Gasteiger partial charge in [-0.2, -0.15) is 0 Å². The lowest BCUT2D eigenvalue weighted by molar-refractivity contribution is 0.237. The second kappa shape index (κ2) is 4.50. The molecule has 1 heteroatoms. The maximum atomic E-state index is 2.68. The molecule has 2 aliphatic rings. The molecule has 3 atom stereocenters. The fraction of sp³-hybridized carbons (Fsp3) is 0.333. The second-order valence-corrected chi connectivity index (χ2v) is 5.90. The Morgan fingerprint density at radius 3 is 2.63 bits per heavy atom. The summed E-state index contributed by atoms with van der Waals surface area (Å²) in [5.41, 5.74) is 4.63. The van der Waals surface area contributed by atoms with E-state index in [1.807, 2.05) is 0 Å². The molecule has 2 heterocycles. The molecule has 0 amide bonds. The van der Waals surface area contributed by atoms with Crippen LogP contribution in [-0.4, -0.2) is 17.5 Å². The van der Waals surface area contributed by atoms with Crippen molar-refractivity contribution in [2.75, 3.05) is 6.54 Å². The van der Waals surface area contributed by atoms with Gasteiger partial charge in [-0.05, 0) is 35.4 Å². The molecule has 4 rings (SSSR count). The maximum Gasteiger partial charge on any atom is 0.0239 e. The standard InChI is InChI=1S/C18H19N/c1-2-6-14(7-3-1)10-17-11-16-13-19(17)12-15-8-4-5-9-18(15)16/h1-9,16-17H,10-13H2/t16?,17-/m1/s1. The van der Waals surface area contributed by atoms with Crippen molar-refractivity contribution in [2.45, 2.75) is 31.3 Å². The van der Waals surface area contributed by atoms with Crippen molar-refractivity contribution < 1.29 is 0 Å². The van der Waals surface area contributed by atoms with E-state index < -0.39 is 0 Å². The van der Waals surface area contributed by atoms with Crippen LogP contribution in [0.1, 0.15) is 29.0 Å². The monoisotopic (exact) mass is 249 g/mol. The third kappa shape index (κ3) is 1.98. The number of hydrogen-bond donors (Lipinski definition) is 0. The van der Waals surface area contributed by atoms with Crippen molar-refractivity contribution in [3.05, 3.63) is 71.3 Å². The molecule has 0 aromatic heterocycles. The van der Waals surface area contributed by atoms with Crippen molar-refractivity contribution in [3.63, 3.8) is 0 Å². The minimum absolute atomic E-state index is 0.722. The zero-order chi connectivity index (χ0) is 12.7. The highest BCUT2D eigenvalue weighted by Gasteiger charge is 2.37. The molecular formula is C18H19N. The number of hydrogen-bond acceptors (Lipinski definition) is 1. The topological polar surface area (TPSA) is 3.24 Å². The van der Waals surface area contributed by atoms with Crippen molar-refractivity contribution in [2.24, 2.45) is 0 Å². The predicted octanol–water partition coefficient (Wildman–Crippen LogP) is 3.60. The lowest BCUT2D eigenvalue weighted by Gasteiger charge is -2.28. The molecule has 2 aromatic rings. The Kier molecular flexibility index (Phi) is 2.66. The lowest BCUT2D eigenvalue weighted by atomic mass is 9.91. The first kappa shape index (κ1) is 11.2. The van der Waals surface area contributed by atoms with Gasteiger partial charge in [0.05, 0.1) is 0 Å². The van der Waals surface area contributed by atoms with E-state index in [0.29, 0.717) is 0 Å². The van der Waals surface area contributed by atoms with Crippen LogP contribution in [0, 0.1) is 0 Å². The maximum absolute atomic E-state index is 2.68. The third-order valence-corrected chi connectivity index (χ3v) is 4.71. The molecule has 0 saturated carbocycles. The van der Waals surface area contributed by atoms with Gasteiger partial charge in [0.2, 0.25) is 0 Å². The quantitative estimate of drug-likeness (QED) is 0.786. The summed E-state index contributed by atoms with van der Waals surface area (Å²) in [5, 5.41) is 0. The molecule has 1 fully saturated rings. The Balaban J connectivity index is 1.57. The molecule has 2 aromatic carbocycles. The van der Waals surface area contributed by atoms with Crippen molar-refractivity contribution >= 4 is 0 Å². The van der Waals surface area contributed by atoms with E-state index in [-0.39, 0.29) is 0 Å². The first-order chi connectivity index (χ1) is 9.40. The molecule has 0 N–H and O–H groups in total. The largest absolute Gasteiger partial charge is 0.295 e. The van der Waals surface area contributed by atoms with E-state index in [1.165, 1.54) is 24.9 Å². The van der Waals surface area contributed by atoms with Gasteiger partial charge in [0, 0.05) is 19.1 Å². The molecule has 2 aliphatic heterocycles. The first-order valence-electron chi connectivity index (χ1n) is 7.26. The SMILES string of the molecule is c1ccc(C[C@@H]2CC3CN2Cc2ccccc23)cc1. The van der Waals surface area contributed by atoms with Crippen LogP contribution in [-0.2, 0) is 13.0 Å². The number of fused-ring (bicyclic) bond motifs is 4. The van der Waals surface area contributed by atoms with E-state index >= 15 is 0 Å².